The van der Waals surface area contributed by atoms with Crippen molar-refractivity contribution in [2.45, 2.75) is 43.9 Å². The van der Waals surface area contributed by atoms with Crippen LogP contribution in [0, 0.1) is 19.8 Å². The van der Waals surface area contributed by atoms with E-state index in [0.717, 1.165) is 16.7 Å². The minimum absolute atomic E-state index is 0.0783. The maximum Gasteiger partial charge on any atom is 0.181 e. The average Bonchev–Trinajstić information content (AvgIpc) is 2.31. The summed E-state index contributed by atoms with van der Waals surface area (Å²) in [5, 5.41) is 2.92. The van der Waals surface area contributed by atoms with Gasteiger partial charge in [0, 0.05) is 6.04 Å². The number of nitrogens with one attached hydrogen (secondary N) is 1. The molecule has 0 bridgehead atoms. The van der Waals surface area contributed by atoms with Crippen molar-refractivity contribution in [3.8, 4) is 0 Å². The normalized spacial score (nSPS) is 29.9. The quantitative estimate of drug-likeness (QED) is 0.849. The first-order chi connectivity index (χ1) is 8.30. The first kappa shape index (κ1) is 13.6. The lowest BCUT2D eigenvalue weighted by Gasteiger charge is -2.36. The molecule has 18 heavy (non-hydrogen) atoms. The molecule has 0 aromatic heterocycles. The van der Waals surface area contributed by atoms with Gasteiger partial charge in [-0.3, -0.25) is 0 Å². The molecule has 0 aliphatic carbocycles. The van der Waals surface area contributed by atoms with Crippen molar-refractivity contribution in [3.05, 3.63) is 28.8 Å². The maximum atomic E-state index is 12.5. The Labute approximate surface area is 110 Å². The number of rotatable bonds is 1. The lowest BCUT2D eigenvalue weighted by molar-refractivity contribution is 0.378. The molecule has 3 atom stereocenters. The Bertz CT molecular complexity index is 578. The molecule has 0 fully saturated rings. The second-order valence-corrected chi connectivity index (χ2v) is 7.62. The number of aryl methyl sites for hydroxylation is 2. The molecule has 0 spiro atoms. The van der Waals surface area contributed by atoms with Crippen LogP contribution in [0.15, 0.2) is 17.0 Å². The predicted molar refractivity (Wildman–Crippen MR) is 73.5 cm³/mol. The highest BCUT2D eigenvalue weighted by Crippen LogP contribution is 2.40. The summed E-state index contributed by atoms with van der Waals surface area (Å²) in [6.07, 6.45) is 0. The summed E-state index contributed by atoms with van der Waals surface area (Å²) in [5.74, 6) is 0.0783. The predicted octanol–water partition coefficient (Wildman–Crippen LogP) is 2.38. The largest absolute Gasteiger partial charge is 0.313 e. The highest BCUT2D eigenvalue weighted by Gasteiger charge is 2.41. The van der Waals surface area contributed by atoms with E-state index >= 15 is 0 Å². The molecule has 0 radical (unpaired) electrons. The Balaban J connectivity index is 2.77. The van der Waals surface area contributed by atoms with Crippen LogP contribution < -0.4 is 5.32 Å². The van der Waals surface area contributed by atoms with Gasteiger partial charge in [0.05, 0.1) is 10.1 Å². The highest BCUT2D eigenvalue weighted by molar-refractivity contribution is 7.92. The Kier molecular flexibility index (Phi) is 3.28. The number of benzene rings is 1. The Hall–Kier alpha value is -0.870. The summed E-state index contributed by atoms with van der Waals surface area (Å²) in [4.78, 5) is 0.510. The minimum atomic E-state index is -3.19. The fourth-order valence-electron chi connectivity index (χ4n) is 2.76. The SMILES string of the molecule is CNC1c2cc(C)c(C)cc2S(=O)(=O)C(C)C1C. The minimum Gasteiger partial charge on any atom is -0.313 e. The first-order valence-corrected chi connectivity index (χ1v) is 7.87. The molecule has 2 rings (SSSR count). The van der Waals surface area contributed by atoms with Gasteiger partial charge in [-0.2, -0.15) is 0 Å². The Morgan fingerprint density at radius 2 is 1.67 bits per heavy atom. The van der Waals surface area contributed by atoms with Crippen LogP contribution in [-0.2, 0) is 9.84 Å². The van der Waals surface area contributed by atoms with E-state index < -0.39 is 9.84 Å². The van der Waals surface area contributed by atoms with Gasteiger partial charge in [0.25, 0.3) is 0 Å². The zero-order valence-electron chi connectivity index (χ0n) is 11.6. The van der Waals surface area contributed by atoms with Gasteiger partial charge < -0.3 is 5.32 Å². The molecule has 1 aromatic rings. The van der Waals surface area contributed by atoms with Crippen LogP contribution in [0.2, 0.25) is 0 Å². The number of fused-ring (bicyclic) bond motifs is 1. The van der Waals surface area contributed by atoms with Crippen molar-refractivity contribution in [2.24, 2.45) is 5.92 Å². The zero-order valence-corrected chi connectivity index (χ0v) is 12.4. The molecule has 1 aromatic carbocycles. The van der Waals surface area contributed by atoms with Gasteiger partial charge in [-0.15, -0.1) is 0 Å². The molecule has 0 saturated heterocycles. The van der Waals surface area contributed by atoms with Crippen molar-refractivity contribution < 1.29 is 8.42 Å². The third-order valence-corrected chi connectivity index (χ3v) is 6.71. The van der Waals surface area contributed by atoms with E-state index in [2.05, 4.69) is 5.32 Å². The van der Waals surface area contributed by atoms with Crippen LogP contribution in [0.1, 0.15) is 36.6 Å². The zero-order chi connectivity index (χ0) is 13.7. The van der Waals surface area contributed by atoms with Crippen molar-refractivity contribution in [1.29, 1.82) is 0 Å². The average molecular weight is 267 g/mol. The van der Waals surface area contributed by atoms with Gasteiger partial charge in [-0.25, -0.2) is 8.42 Å². The van der Waals surface area contributed by atoms with Gasteiger partial charge in [0.1, 0.15) is 0 Å². The monoisotopic (exact) mass is 267 g/mol. The molecular formula is C14H21NO2S. The van der Waals surface area contributed by atoms with Crippen LogP contribution in [0.3, 0.4) is 0 Å². The molecule has 1 aliphatic rings. The first-order valence-electron chi connectivity index (χ1n) is 6.33. The van der Waals surface area contributed by atoms with E-state index in [0.29, 0.717) is 4.90 Å². The van der Waals surface area contributed by atoms with Gasteiger partial charge in [-0.1, -0.05) is 13.0 Å². The fraction of sp³-hybridized carbons (Fsp3) is 0.571. The summed E-state index contributed by atoms with van der Waals surface area (Å²) in [7, 11) is -1.30. The lowest BCUT2D eigenvalue weighted by Crippen LogP contribution is -2.40. The van der Waals surface area contributed by atoms with Crippen LogP contribution >= 0.6 is 0 Å². The van der Waals surface area contributed by atoms with Crippen LogP contribution in [0.5, 0.6) is 0 Å². The summed E-state index contributed by atoms with van der Waals surface area (Å²) < 4.78 is 25.0. The summed E-state index contributed by atoms with van der Waals surface area (Å²) in [6, 6.07) is 3.95. The molecule has 100 valence electrons. The molecule has 0 saturated carbocycles. The maximum absolute atomic E-state index is 12.5. The Morgan fingerprint density at radius 3 is 2.22 bits per heavy atom. The van der Waals surface area contributed by atoms with Crippen molar-refractivity contribution in [2.75, 3.05) is 7.05 Å². The molecule has 1 heterocycles. The van der Waals surface area contributed by atoms with Crippen molar-refractivity contribution in [3.63, 3.8) is 0 Å². The molecular weight excluding hydrogens is 246 g/mol. The van der Waals surface area contributed by atoms with Gasteiger partial charge in [0.15, 0.2) is 9.84 Å². The van der Waals surface area contributed by atoms with E-state index in [1.807, 2.05) is 46.9 Å². The topological polar surface area (TPSA) is 46.2 Å². The summed E-state index contributed by atoms with van der Waals surface area (Å²) >= 11 is 0. The van der Waals surface area contributed by atoms with E-state index in [-0.39, 0.29) is 17.2 Å². The van der Waals surface area contributed by atoms with Crippen molar-refractivity contribution >= 4 is 9.84 Å². The third-order valence-electron chi connectivity index (χ3n) is 4.33. The highest BCUT2D eigenvalue weighted by atomic mass is 32.2. The molecule has 3 unspecified atom stereocenters. The van der Waals surface area contributed by atoms with Gasteiger partial charge >= 0.3 is 0 Å². The smallest absolute Gasteiger partial charge is 0.181 e. The van der Waals surface area contributed by atoms with Crippen LogP contribution in [-0.4, -0.2) is 20.7 Å². The number of hydrogen-bond donors (Lipinski definition) is 1. The molecule has 1 aliphatic heterocycles. The molecule has 3 nitrogen and oxygen atoms in total. The number of sulfone groups is 1. The fourth-order valence-corrected chi connectivity index (χ4v) is 4.74. The molecule has 0 amide bonds. The van der Waals surface area contributed by atoms with E-state index in [1.165, 1.54) is 0 Å². The van der Waals surface area contributed by atoms with E-state index in [1.54, 1.807) is 0 Å². The van der Waals surface area contributed by atoms with Crippen LogP contribution in [0.4, 0.5) is 0 Å². The molecule has 1 N–H and O–H groups in total. The lowest BCUT2D eigenvalue weighted by atomic mass is 9.90. The van der Waals surface area contributed by atoms with Crippen molar-refractivity contribution in [1.82, 2.24) is 5.32 Å². The second-order valence-electron chi connectivity index (χ2n) is 5.35. The summed E-state index contributed by atoms with van der Waals surface area (Å²) in [5.41, 5.74) is 3.10. The van der Waals surface area contributed by atoms with E-state index in [9.17, 15) is 8.42 Å². The Morgan fingerprint density at radius 1 is 1.11 bits per heavy atom. The van der Waals surface area contributed by atoms with E-state index in [4.69, 9.17) is 0 Å². The van der Waals surface area contributed by atoms with Gasteiger partial charge in [0.2, 0.25) is 0 Å². The second kappa shape index (κ2) is 4.35. The van der Waals surface area contributed by atoms with Gasteiger partial charge in [-0.05, 0) is 56.5 Å². The van der Waals surface area contributed by atoms with Crippen LogP contribution in [0.25, 0.3) is 0 Å². The standard InChI is InChI=1S/C14H21NO2S/c1-8-6-12-13(7-9(8)2)18(16,17)11(4)10(3)14(12)15-5/h6-7,10-11,14-15H,1-5H3. The third kappa shape index (κ3) is 1.79. The number of hydrogen-bond acceptors (Lipinski definition) is 3. The summed E-state index contributed by atoms with van der Waals surface area (Å²) in [6.45, 7) is 7.80. The molecule has 4 heteroatoms.